The number of anilines is 3. The van der Waals surface area contributed by atoms with E-state index in [1.807, 2.05) is 81.7 Å². The molecule has 16 nitrogen and oxygen atoms in total. The number of rotatable bonds is 16. The van der Waals surface area contributed by atoms with Crippen molar-refractivity contribution in [3.05, 3.63) is 99.4 Å². The second-order valence-electron chi connectivity index (χ2n) is 18.0. The Morgan fingerprint density at radius 1 is 0.985 bits per heavy atom. The van der Waals surface area contributed by atoms with Crippen LogP contribution in [0.25, 0.3) is 10.4 Å². The summed E-state index contributed by atoms with van der Waals surface area (Å²) in [7, 11) is 0. The van der Waals surface area contributed by atoms with Crippen LogP contribution in [0.5, 0.6) is 5.75 Å². The number of carbonyl (C=O) groups excluding carboxylic acids is 2. The normalized spacial score (nSPS) is 21.4. The third-order valence-electron chi connectivity index (χ3n) is 13.0. The number of nitro benzene ring substituents is 1. The van der Waals surface area contributed by atoms with Gasteiger partial charge in [-0.1, -0.05) is 55.0 Å². The summed E-state index contributed by atoms with van der Waals surface area (Å²) < 4.78 is 18.3. The molecule has 3 N–H and O–H groups in total. The van der Waals surface area contributed by atoms with Crippen molar-refractivity contribution in [1.29, 1.82) is 0 Å². The zero-order chi connectivity index (χ0) is 46.1. The summed E-state index contributed by atoms with van der Waals surface area (Å²) in [6.07, 6.45) is 2.20. The van der Waals surface area contributed by atoms with Gasteiger partial charge in [0.1, 0.15) is 23.8 Å². The smallest absolute Gasteiger partial charge is 0.270 e. The van der Waals surface area contributed by atoms with Crippen LogP contribution >= 0.6 is 23.1 Å². The number of β-amino-alcohol motifs (C(OH)–C–C–N with tert-alkyl or cyclic N) is 1. The lowest BCUT2D eigenvalue weighted by molar-refractivity contribution is -0.385. The second kappa shape index (κ2) is 19.7. The average molecular weight is 937 g/mol. The number of carbonyl (C=O) groups is 2. The highest BCUT2D eigenvalue weighted by molar-refractivity contribution is 7.99. The van der Waals surface area contributed by atoms with E-state index in [2.05, 4.69) is 30.6 Å². The molecule has 0 bridgehead atoms. The molecule has 1 saturated carbocycles. The molecule has 66 heavy (non-hydrogen) atoms. The first-order valence-electron chi connectivity index (χ1n) is 22.8. The zero-order valence-electron chi connectivity index (χ0n) is 37.6. The van der Waals surface area contributed by atoms with Gasteiger partial charge in [0.2, 0.25) is 11.8 Å². The van der Waals surface area contributed by atoms with Gasteiger partial charge >= 0.3 is 0 Å². The fourth-order valence-electron chi connectivity index (χ4n) is 9.21. The predicted molar refractivity (Wildman–Crippen MR) is 253 cm³/mol. The number of nitrogens with zero attached hydrogens (tertiary/aromatic N) is 6. The Balaban J connectivity index is 0.699. The number of aliphatic hydroxyl groups excluding tert-OH is 1. The third kappa shape index (κ3) is 10.1. The summed E-state index contributed by atoms with van der Waals surface area (Å²) in [4.78, 5) is 52.3. The van der Waals surface area contributed by atoms with Gasteiger partial charge in [-0.05, 0) is 61.6 Å². The molecule has 0 unspecified atom stereocenters. The van der Waals surface area contributed by atoms with Gasteiger partial charge in [-0.15, -0.1) is 11.3 Å². The van der Waals surface area contributed by atoms with E-state index < -0.39 is 18.1 Å². The number of amides is 2. The highest BCUT2D eigenvalue weighted by Gasteiger charge is 2.44. The predicted octanol–water partition coefficient (Wildman–Crippen LogP) is 7.94. The number of aryl methyl sites for hydroxylation is 1. The van der Waals surface area contributed by atoms with Crippen LogP contribution in [0.3, 0.4) is 0 Å². The largest absolute Gasteiger partial charge is 0.490 e. The molecule has 3 aliphatic heterocycles. The lowest BCUT2D eigenvalue weighted by atomic mass is 9.91. The van der Waals surface area contributed by atoms with Crippen molar-refractivity contribution in [2.45, 2.75) is 99.5 Å². The third-order valence-corrected chi connectivity index (χ3v) is 15.1. The Kier molecular flexibility index (Phi) is 13.6. The van der Waals surface area contributed by atoms with Gasteiger partial charge in [-0.25, -0.2) is 4.98 Å². The molecule has 3 fully saturated rings. The number of hydrogen-bond acceptors (Lipinski definition) is 15. The van der Waals surface area contributed by atoms with Crippen molar-refractivity contribution in [2.24, 2.45) is 5.92 Å². The number of hydrogen-bond donors (Lipinski definition) is 3. The molecule has 2 amide bonds. The average Bonchev–Trinajstić information content (AvgIpc) is 4.06. The molecule has 4 aliphatic rings. The highest BCUT2D eigenvalue weighted by atomic mass is 32.2. The SMILES string of the molecule is Cc1ncsc1-c1ccc([C@H](C)NC(=O)[C@@H]2C[C@@H](O)CN2C(=O)[C@@H](c2cc(N3CCN(CCCO[C@H]4C[C@H](Oc5ccc6c(c5)Sc5cc([N+](=O)[O-])ccc5N6)C4)CC3)no2)C(C)C)cc1. The topological polar surface area (TPSA) is 189 Å². The van der Waals surface area contributed by atoms with Crippen LogP contribution in [0.2, 0.25) is 0 Å². The monoisotopic (exact) mass is 936 g/mol. The van der Waals surface area contributed by atoms with Gasteiger partial charge in [-0.3, -0.25) is 24.6 Å². The Hall–Kier alpha value is -5.53. The van der Waals surface area contributed by atoms with Crippen molar-refractivity contribution >= 4 is 57.8 Å². The van der Waals surface area contributed by atoms with E-state index in [9.17, 15) is 24.8 Å². The molecule has 2 aromatic heterocycles. The number of thiazole rings is 1. The van der Waals surface area contributed by atoms with E-state index in [-0.39, 0.29) is 59.6 Å². The molecule has 18 heteroatoms. The number of fused-ring (bicyclic) bond motifs is 2. The van der Waals surface area contributed by atoms with E-state index in [0.29, 0.717) is 18.2 Å². The van der Waals surface area contributed by atoms with Gasteiger partial charge in [0, 0.05) is 93.1 Å². The fraction of sp³-hybridized carbons (Fsp3) is 0.458. The molecule has 3 aromatic carbocycles. The summed E-state index contributed by atoms with van der Waals surface area (Å²) in [5, 5.41) is 32.8. The molecule has 9 rings (SSSR count). The summed E-state index contributed by atoms with van der Waals surface area (Å²) in [5.41, 5.74) is 6.70. The molecule has 4 atom stereocenters. The second-order valence-corrected chi connectivity index (χ2v) is 20.0. The fourth-order valence-corrected chi connectivity index (χ4v) is 11.1. The quantitative estimate of drug-likeness (QED) is 0.0482. The van der Waals surface area contributed by atoms with Gasteiger partial charge in [0.05, 0.1) is 50.6 Å². The van der Waals surface area contributed by atoms with Crippen LogP contribution in [0.15, 0.2) is 86.6 Å². The number of ether oxygens (including phenoxy) is 2. The first kappa shape index (κ1) is 45.6. The Labute approximate surface area is 392 Å². The molecule has 5 heterocycles. The standard InChI is InChI=1S/C48H56N8O8S2/c1-28(2)45(48(59)55-26-34(57)21-40(55)47(58)50-29(3)31-6-8-32(9-7-31)46-30(4)49-27-65-46)41-25-44(52-64-41)54-17-15-53(16-18-54)14-5-19-62-36-22-37(23-36)63-35-11-13-39-43(24-35)66-42-20-33(56(60)61)10-12-38(42)51-39/h6-13,20,24-25,27-29,34,36-37,40,45,51,57H,5,14-19,21-23,26H2,1-4H3,(H,50,58)/t29-,34+,36-,37-,40-,45+/m0/s1. The van der Waals surface area contributed by atoms with Crippen LogP contribution in [-0.2, 0) is 14.3 Å². The molecular formula is C48H56N8O8S2. The number of nitro groups is 1. The van der Waals surface area contributed by atoms with Gasteiger partial charge in [-0.2, -0.15) is 0 Å². The Bertz CT molecular complexity index is 2540. The highest BCUT2D eigenvalue weighted by Crippen LogP contribution is 2.47. The molecule has 1 aliphatic carbocycles. The maximum Gasteiger partial charge on any atom is 0.270 e. The first-order chi connectivity index (χ1) is 31.9. The van der Waals surface area contributed by atoms with E-state index >= 15 is 0 Å². The number of aliphatic hydroxyl groups is 1. The Morgan fingerprint density at radius 2 is 1.73 bits per heavy atom. The lowest BCUT2D eigenvalue weighted by Gasteiger charge is -2.36. The number of nitrogens with one attached hydrogen (secondary N) is 2. The van der Waals surface area contributed by atoms with Gasteiger partial charge in [0.15, 0.2) is 11.6 Å². The van der Waals surface area contributed by atoms with E-state index in [4.69, 9.17) is 14.0 Å². The van der Waals surface area contributed by atoms with E-state index in [1.54, 1.807) is 23.5 Å². The summed E-state index contributed by atoms with van der Waals surface area (Å²) in [6.45, 7) is 12.8. The maximum atomic E-state index is 14.3. The number of likely N-dealkylation sites (tertiary alicyclic amines) is 1. The first-order valence-corrected chi connectivity index (χ1v) is 24.4. The number of benzene rings is 3. The van der Waals surface area contributed by atoms with Gasteiger partial charge < -0.3 is 39.5 Å². The molecule has 5 aromatic rings. The molecule has 2 saturated heterocycles. The molecule has 0 spiro atoms. The molecule has 0 radical (unpaired) electrons. The minimum Gasteiger partial charge on any atom is -0.490 e. The van der Waals surface area contributed by atoms with Crippen LogP contribution in [-0.4, -0.2) is 112 Å². The number of piperazine rings is 1. The van der Waals surface area contributed by atoms with Crippen molar-refractivity contribution in [3.63, 3.8) is 0 Å². The van der Waals surface area contributed by atoms with Crippen molar-refractivity contribution in [2.75, 3.05) is 56.1 Å². The lowest BCUT2D eigenvalue weighted by Crippen LogP contribution is -2.48. The summed E-state index contributed by atoms with van der Waals surface area (Å²) >= 11 is 3.09. The van der Waals surface area contributed by atoms with Crippen LogP contribution in [0, 0.1) is 23.0 Å². The van der Waals surface area contributed by atoms with Crippen molar-refractivity contribution in [3.8, 4) is 16.2 Å². The van der Waals surface area contributed by atoms with Crippen LogP contribution in [0.1, 0.15) is 75.4 Å². The number of non-ortho nitro benzene ring substituents is 1. The summed E-state index contributed by atoms with van der Waals surface area (Å²) in [6, 6.07) is 19.6. The van der Waals surface area contributed by atoms with E-state index in [1.165, 1.54) is 22.7 Å². The van der Waals surface area contributed by atoms with Crippen molar-refractivity contribution in [1.82, 2.24) is 25.3 Å². The Morgan fingerprint density at radius 3 is 2.44 bits per heavy atom. The van der Waals surface area contributed by atoms with Crippen LogP contribution < -0.4 is 20.3 Å². The molecule has 348 valence electrons. The molecular weight excluding hydrogens is 881 g/mol. The zero-order valence-corrected chi connectivity index (χ0v) is 39.2. The van der Waals surface area contributed by atoms with Crippen molar-refractivity contribution < 1.29 is 33.6 Å². The minimum absolute atomic E-state index is 0.0693. The van der Waals surface area contributed by atoms with Gasteiger partial charge in [0.25, 0.3) is 5.69 Å². The summed E-state index contributed by atoms with van der Waals surface area (Å²) in [5.74, 6) is 0.566. The minimum atomic E-state index is -0.809. The number of aromatic nitrogens is 2. The maximum absolute atomic E-state index is 14.3. The van der Waals surface area contributed by atoms with E-state index in [0.717, 1.165) is 101 Å². The van der Waals surface area contributed by atoms with Crippen LogP contribution in [0.4, 0.5) is 22.9 Å².